The Kier molecular flexibility index (Phi) is 5.93. The molecular formula is C11H20F2O. The van der Waals surface area contributed by atoms with Gasteiger partial charge < -0.3 is 4.74 Å². The molecule has 0 bridgehead atoms. The molecule has 0 unspecified atom stereocenters. The van der Waals surface area contributed by atoms with Crippen LogP contribution >= 0.6 is 0 Å². The second-order valence-corrected chi connectivity index (χ2v) is 3.82. The zero-order valence-corrected chi connectivity index (χ0v) is 9.28. The van der Waals surface area contributed by atoms with E-state index in [1.807, 2.05) is 0 Å². The van der Waals surface area contributed by atoms with Crippen molar-refractivity contribution in [3.63, 3.8) is 0 Å². The first-order valence-electron chi connectivity index (χ1n) is 4.95. The lowest BCUT2D eigenvalue weighted by atomic mass is 9.92. The van der Waals surface area contributed by atoms with Crippen molar-refractivity contribution in [1.82, 2.24) is 0 Å². The number of ether oxygens (including phenoxy) is 1. The molecule has 0 aromatic rings. The van der Waals surface area contributed by atoms with Crippen LogP contribution in [0.15, 0.2) is 12.2 Å². The van der Waals surface area contributed by atoms with Crippen LogP contribution < -0.4 is 0 Å². The summed E-state index contributed by atoms with van der Waals surface area (Å²) in [6, 6.07) is 0. The van der Waals surface area contributed by atoms with Crippen molar-refractivity contribution in [2.45, 2.75) is 39.0 Å². The molecule has 84 valence electrons. The minimum absolute atomic E-state index is 0.0751. The summed E-state index contributed by atoms with van der Waals surface area (Å²) in [5.74, 6) is -3.37. The van der Waals surface area contributed by atoms with Gasteiger partial charge in [0.15, 0.2) is 0 Å². The van der Waals surface area contributed by atoms with Crippen molar-refractivity contribution in [3.05, 3.63) is 12.2 Å². The van der Waals surface area contributed by atoms with Crippen LogP contribution in [0.3, 0.4) is 0 Å². The highest BCUT2D eigenvalue weighted by molar-refractivity contribution is 4.94. The Labute approximate surface area is 85.1 Å². The van der Waals surface area contributed by atoms with Crippen molar-refractivity contribution >= 4 is 0 Å². The molecule has 0 aliphatic heterocycles. The maximum atomic E-state index is 13.5. The molecule has 3 heteroatoms. The fraction of sp³-hybridized carbons (Fsp3) is 0.818. The standard InChI is InChI=1S/C11H20F2O/c1-5-6-11(12,13)10(8-14-4)7-9(2)3/h10H,2,5-8H2,1,3-4H3/t10-/m1/s1. The van der Waals surface area contributed by atoms with Crippen molar-refractivity contribution in [2.24, 2.45) is 5.92 Å². The molecule has 0 heterocycles. The fourth-order valence-corrected chi connectivity index (χ4v) is 1.49. The molecule has 0 fully saturated rings. The van der Waals surface area contributed by atoms with Crippen LogP contribution in [-0.2, 0) is 4.74 Å². The molecule has 0 N–H and O–H groups in total. The largest absolute Gasteiger partial charge is 0.384 e. The number of methoxy groups -OCH3 is 1. The van der Waals surface area contributed by atoms with Crippen molar-refractivity contribution in [1.29, 1.82) is 0 Å². The third-order valence-corrected chi connectivity index (χ3v) is 2.14. The van der Waals surface area contributed by atoms with Crippen LogP contribution in [0.25, 0.3) is 0 Å². The predicted molar refractivity (Wildman–Crippen MR) is 54.7 cm³/mol. The zero-order chi connectivity index (χ0) is 11.2. The van der Waals surface area contributed by atoms with Crippen LogP contribution in [0.5, 0.6) is 0 Å². The Morgan fingerprint density at radius 2 is 2.07 bits per heavy atom. The summed E-state index contributed by atoms with van der Waals surface area (Å²) in [6.45, 7) is 7.29. The van der Waals surface area contributed by atoms with E-state index in [-0.39, 0.29) is 13.0 Å². The van der Waals surface area contributed by atoms with Crippen LogP contribution in [0.4, 0.5) is 8.78 Å². The van der Waals surface area contributed by atoms with Gasteiger partial charge in [0.05, 0.1) is 6.61 Å². The molecule has 14 heavy (non-hydrogen) atoms. The van der Waals surface area contributed by atoms with Gasteiger partial charge in [-0.25, -0.2) is 8.78 Å². The van der Waals surface area contributed by atoms with E-state index in [1.165, 1.54) is 7.11 Å². The van der Waals surface area contributed by atoms with Gasteiger partial charge in [0.25, 0.3) is 5.92 Å². The Bertz CT molecular complexity index is 178. The third-order valence-electron chi connectivity index (χ3n) is 2.14. The molecule has 0 aliphatic carbocycles. The van der Waals surface area contributed by atoms with Gasteiger partial charge in [-0.05, 0) is 13.3 Å². The molecule has 0 saturated heterocycles. The molecule has 0 amide bonds. The predicted octanol–water partition coefficient (Wildman–Crippen LogP) is 3.65. The normalized spacial score (nSPS) is 14.1. The Morgan fingerprint density at radius 1 is 1.50 bits per heavy atom. The van der Waals surface area contributed by atoms with E-state index in [4.69, 9.17) is 4.74 Å². The number of hydrogen-bond acceptors (Lipinski definition) is 1. The average Bonchev–Trinajstić information content (AvgIpc) is 2.02. The Morgan fingerprint density at radius 3 is 2.43 bits per heavy atom. The zero-order valence-electron chi connectivity index (χ0n) is 9.28. The van der Waals surface area contributed by atoms with Crippen LogP contribution in [0.2, 0.25) is 0 Å². The minimum Gasteiger partial charge on any atom is -0.384 e. The van der Waals surface area contributed by atoms with Gasteiger partial charge in [-0.3, -0.25) is 0 Å². The van der Waals surface area contributed by atoms with Gasteiger partial charge in [0.2, 0.25) is 0 Å². The summed E-state index contributed by atoms with van der Waals surface area (Å²) in [5.41, 5.74) is 0.780. The number of rotatable bonds is 7. The number of halogens is 2. The lowest BCUT2D eigenvalue weighted by Crippen LogP contribution is -2.31. The first kappa shape index (κ1) is 13.6. The topological polar surface area (TPSA) is 9.23 Å². The first-order valence-corrected chi connectivity index (χ1v) is 4.95. The average molecular weight is 206 g/mol. The maximum absolute atomic E-state index is 13.5. The highest BCUT2D eigenvalue weighted by Gasteiger charge is 2.37. The van der Waals surface area contributed by atoms with Crippen molar-refractivity contribution in [2.75, 3.05) is 13.7 Å². The summed E-state index contributed by atoms with van der Waals surface area (Å²) in [4.78, 5) is 0. The van der Waals surface area contributed by atoms with Crippen LogP contribution in [0.1, 0.15) is 33.1 Å². The van der Waals surface area contributed by atoms with E-state index in [0.717, 1.165) is 5.57 Å². The lowest BCUT2D eigenvalue weighted by Gasteiger charge is -2.26. The van der Waals surface area contributed by atoms with Crippen LogP contribution in [-0.4, -0.2) is 19.6 Å². The second-order valence-electron chi connectivity index (χ2n) is 3.82. The van der Waals surface area contributed by atoms with Gasteiger partial charge in [-0.2, -0.15) is 0 Å². The summed E-state index contributed by atoms with van der Waals surface area (Å²) >= 11 is 0. The highest BCUT2D eigenvalue weighted by Crippen LogP contribution is 2.33. The van der Waals surface area contributed by atoms with Gasteiger partial charge in [0.1, 0.15) is 0 Å². The van der Waals surface area contributed by atoms with E-state index >= 15 is 0 Å². The monoisotopic (exact) mass is 206 g/mol. The number of alkyl halides is 2. The molecule has 0 spiro atoms. The van der Waals surface area contributed by atoms with Gasteiger partial charge in [-0.1, -0.05) is 18.9 Å². The highest BCUT2D eigenvalue weighted by atomic mass is 19.3. The van der Waals surface area contributed by atoms with Gasteiger partial charge in [-0.15, -0.1) is 6.58 Å². The number of allylic oxidation sites excluding steroid dienone is 1. The quantitative estimate of drug-likeness (QED) is 0.578. The van der Waals surface area contributed by atoms with E-state index in [0.29, 0.717) is 12.8 Å². The van der Waals surface area contributed by atoms with E-state index in [2.05, 4.69) is 6.58 Å². The minimum atomic E-state index is -2.64. The van der Waals surface area contributed by atoms with Crippen LogP contribution in [0, 0.1) is 5.92 Å². The summed E-state index contributed by atoms with van der Waals surface area (Å²) in [5, 5.41) is 0. The summed E-state index contributed by atoms with van der Waals surface area (Å²) < 4.78 is 31.8. The van der Waals surface area contributed by atoms with E-state index in [9.17, 15) is 8.78 Å². The molecule has 0 saturated carbocycles. The molecule has 1 nitrogen and oxygen atoms in total. The second kappa shape index (κ2) is 6.12. The third kappa shape index (κ3) is 4.70. The summed E-state index contributed by atoms with van der Waals surface area (Å²) in [6.07, 6.45) is 0.749. The fourth-order valence-electron chi connectivity index (χ4n) is 1.49. The van der Waals surface area contributed by atoms with Gasteiger partial charge in [0, 0.05) is 19.4 Å². The molecule has 0 radical (unpaired) electrons. The van der Waals surface area contributed by atoms with E-state index in [1.54, 1.807) is 13.8 Å². The molecule has 0 aromatic carbocycles. The Balaban J connectivity index is 4.36. The Hall–Kier alpha value is -0.440. The summed E-state index contributed by atoms with van der Waals surface area (Å²) in [7, 11) is 1.45. The SMILES string of the molecule is C=C(C)C[C@H](COC)C(F)(F)CCC. The van der Waals surface area contributed by atoms with E-state index < -0.39 is 11.8 Å². The van der Waals surface area contributed by atoms with Gasteiger partial charge >= 0.3 is 0 Å². The first-order chi connectivity index (χ1) is 6.44. The molecule has 0 aromatic heterocycles. The molecule has 0 aliphatic rings. The van der Waals surface area contributed by atoms with Crippen molar-refractivity contribution < 1.29 is 13.5 Å². The number of hydrogen-bond donors (Lipinski definition) is 0. The van der Waals surface area contributed by atoms with Crippen molar-refractivity contribution in [3.8, 4) is 0 Å². The lowest BCUT2D eigenvalue weighted by molar-refractivity contribution is -0.0877. The smallest absolute Gasteiger partial charge is 0.253 e. The molecule has 0 rings (SSSR count). The maximum Gasteiger partial charge on any atom is 0.253 e. The molecule has 1 atom stereocenters. The molecular weight excluding hydrogens is 186 g/mol.